The molecule has 0 aromatic rings. The third-order valence-corrected chi connectivity index (χ3v) is 2.61. The zero-order valence-electron chi connectivity index (χ0n) is 11.2. The SMILES string of the molecule is CCOC(=O)C1(C(=O)OCC)CN=NN1OS(C)(=O)=O. The number of hydrogen-bond acceptors (Lipinski definition) is 10. The van der Waals surface area contributed by atoms with Gasteiger partial charge in [0.15, 0.2) is 0 Å². The second-order valence-corrected chi connectivity index (χ2v) is 5.30. The van der Waals surface area contributed by atoms with Crippen LogP contribution in [0.2, 0.25) is 0 Å². The van der Waals surface area contributed by atoms with Crippen molar-refractivity contribution in [2.75, 3.05) is 26.0 Å². The number of rotatable bonds is 6. The Balaban J connectivity index is 3.16. The normalized spacial score (nSPS) is 17.1. The van der Waals surface area contributed by atoms with Crippen molar-refractivity contribution >= 4 is 22.1 Å². The van der Waals surface area contributed by atoms with Crippen molar-refractivity contribution in [3.05, 3.63) is 0 Å². The maximum absolute atomic E-state index is 12.0. The first-order chi connectivity index (χ1) is 9.28. The van der Waals surface area contributed by atoms with Gasteiger partial charge in [-0.05, 0) is 19.1 Å². The van der Waals surface area contributed by atoms with Crippen LogP contribution in [-0.4, -0.2) is 57.1 Å². The minimum absolute atomic E-state index is 0.0211. The third-order valence-electron chi connectivity index (χ3n) is 2.20. The van der Waals surface area contributed by atoms with Crippen molar-refractivity contribution in [2.24, 2.45) is 10.3 Å². The molecule has 0 radical (unpaired) electrons. The molecular weight excluding hydrogens is 294 g/mol. The lowest BCUT2D eigenvalue weighted by Crippen LogP contribution is -2.59. The van der Waals surface area contributed by atoms with Crippen molar-refractivity contribution in [3.8, 4) is 0 Å². The van der Waals surface area contributed by atoms with Crippen molar-refractivity contribution in [3.63, 3.8) is 0 Å². The summed E-state index contributed by atoms with van der Waals surface area (Å²) >= 11 is 0. The minimum atomic E-state index is -4.02. The number of hydrogen-bond donors (Lipinski definition) is 0. The van der Waals surface area contributed by atoms with Crippen LogP contribution in [0.4, 0.5) is 0 Å². The van der Waals surface area contributed by atoms with Crippen molar-refractivity contribution < 1.29 is 31.8 Å². The summed E-state index contributed by atoms with van der Waals surface area (Å²) in [6, 6.07) is 0. The van der Waals surface area contributed by atoms with E-state index < -0.39 is 34.1 Å². The standard InChI is InChI=1S/C9H15N3O7S/c1-4-17-7(13)9(8(14)18-5-2)6-10-11-12(9)19-20(3,15)16/h4-6H2,1-3H3. The Morgan fingerprint density at radius 1 is 1.20 bits per heavy atom. The van der Waals surface area contributed by atoms with Gasteiger partial charge in [-0.25, -0.2) is 9.59 Å². The third kappa shape index (κ3) is 3.22. The predicted octanol–water partition coefficient (Wildman–Crippen LogP) is -0.575. The molecular formula is C9H15N3O7S. The van der Waals surface area contributed by atoms with Crippen LogP contribution in [0.5, 0.6) is 0 Å². The van der Waals surface area contributed by atoms with Gasteiger partial charge in [-0.15, -0.1) is 9.46 Å². The van der Waals surface area contributed by atoms with Crippen molar-refractivity contribution in [1.82, 2.24) is 5.17 Å². The molecule has 0 spiro atoms. The van der Waals surface area contributed by atoms with Gasteiger partial charge in [0.2, 0.25) is 0 Å². The molecule has 0 bridgehead atoms. The molecule has 1 aliphatic heterocycles. The van der Waals surface area contributed by atoms with E-state index in [0.29, 0.717) is 5.17 Å². The monoisotopic (exact) mass is 309 g/mol. The minimum Gasteiger partial charge on any atom is -0.464 e. The Morgan fingerprint density at radius 2 is 1.70 bits per heavy atom. The molecule has 10 nitrogen and oxygen atoms in total. The van der Waals surface area contributed by atoms with Gasteiger partial charge in [0.05, 0.1) is 19.5 Å². The van der Waals surface area contributed by atoms with Crippen molar-refractivity contribution in [1.29, 1.82) is 0 Å². The summed E-state index contributed by atoms with van der Waals surface area (Å²) in [5.41, 5.74) is -2.19. The fourth-order valence-corrected chi connectivity index (χ4v) is 1.82. The van der Waals surface area contributed by atoms with Crippen LogP contribution in [0.25, 0.3) is 0 Å². The summed E-state index contributed by atoms with van der Waals surface area (Å²) < 4.78 is 36.4. The summed E-state index contributed by atoms with van der Waals surface area (Å²) in [7, 11) is -4.02. The van der Waals surface area contributed by atoms with Crippen molar-refractivity contribution in [2.45, 2.75) is 19.4 Å². The molecule has 20 heavy (non-hydrogen) atoms. The lowest BCUT2D eigenvalue weighted by atomic mass is 10.0. The number of carbonyl (C=O) groups excluding carboxylic acids is 2. The second-order valence-electron chi connectivity index (χ2n) is 3.74. The highest BCUT2D eigenvalue weighted by Gasteiger charge is 2.60. The molecule has 1 rings (SSSR count). The van der Waals surface area contributed by atoms with Gasteiger partial charge in [-0.2, -0.15) is 13.5 Å². The van der Waals surface area contributed by atoms with E-state index in [4.69, 9.17) is 9.47 Å². The number of ether oxygens (including phenoxy) is 2. The van der Waals surface area contributed by atoms with Gasteiger partial charge in [-0.3, -0.25) is 0 Å². The second kappa shape index (κ2) is 6.13. The van der Waals surface area contributed by atoms with E-state index in [1.165, 1.54) is 13.8 Å². The summed E-state index contributed by atoms with van der Waals surface area (Å²) in [6.07, 6.45) is 0.738. The molecule has 0 saturated carbocycles. The highest BCUT2D eigenvalue weighted by Crippen LogP contribution is 2.28. The molecule has 0 fully saturated rings. The van der Waals surface area contributed by atoms with E-state index in [0.717, 1.165) is 6.26 Å². The van der Waals surface area contributed by atoms with Gasteiger partial charge < -0.3 is 9.47 Å². The molecule has 114 valence electrons. The lowest BCUT2D eigenvalue weighted by Gasteiger charge is -2.28. The molecule has 11 heteroatoms. The average molecular weight is 309 g/mol. The van der Waals surface area contributed by atoms with E-state index in [9.17, 15) is 18.0 Å². The first kappa shape index (κ1) is 16.3. The van der Waals surface area contributed by atoms with Gasteiger partial charge in [0.1, 0.15) is 6.54 Å². The number of carbonyl (C=O) groups is 2. The molecule has 1 heterocycles. The molecule has 0 atom stereocenters. The van der Waals surface area contributed by atoms with Crippen LogP contribution in [0.3, 0.4) is 0 Å². The van der Waals surface area contributed by atoms with E-state index in [1.807, 2.05) is 0 Å². The molecule has 0 amide bonds. The zero-order chi connectivity index (χ0) is 15.4. The Kier molecular flexibility index (Phi) is 5.00. The first-order valence-electron chi connectivity index (χ1n) is 5.69. The van der Waals surface area contributed by atoms with Gasteiger partial charge in [-0.1, -0.05) is 0 Å². The maximum Gasteiger partial charge on any atom is 0.350 e. The Hall–Kier alpha value is -1.75. The quantitative estimate of drug-likeness (QED) is 0.471. The maximum atomic E-state index is 12.0. The molecule has 0 aromatic heterocycles. The van der Waals surface area contributed by atoms with E-state index >= 15 is 0 Å². The molecule has 0 aromatic carbocycles. The van der Waals surface area contributed by atoms with E-state index in [1.54, 1.807) is 0 Å². The van der Waals surface area contributed by atoms with Crippen LogP contribution >= 0.6 is 0 Å². The summed E-state index contributed by atoms with van der Waals surface area (Å²) in [5, 5.41) is 7.11. The summed E-state index contributed by atoms with van der Waals surface area (Å²) in [6.45, 7) is 2.56. The van der Waals surface area contributed by atoms with Gasteiger partial charge >= 0.3 is 17.5 Å². The highest BCUT2D eigenvalue weighted by atomic mass is 32.2. The highest BCUT2D eigenvalue weighted by molar-refractivity contribution is 7.85. The molecule has 0 N–H and O–H groups in total. The fraction of sp³-hybridized carbons (Fsp3) is 0.778. The summed E-state index contributed by atoms with van der Waals surface area (Å²) in [4.78, 5) is 24.0. The first-order valence-corrected chi connectivity index (χ1v) is 7.51. The fourth-order valence-electron chi connectivity index (χ4n) is 1.40. The van der Waals surface area contributed by atoms with Crippen LogP contribution < -0.4 is 0 Å². The Labute approximate surface area is 115 Å². The topological polar surface area (TPSA) is 124 Å². The Bertz CT molecular complexity index is 498. The summed E-state index contributed by atoms with van der Waals surface area (Å²) in [5.74, 6) is -2.10. The van der Waals surface area contributed by atoms with Crippen LogP contribution in [0.15, 0.2) is 10.3 Å². The number of esters is 2. The number of nitrogens with zero attached hydrogens (tertiary/aromatic N) is 3. The zero-order valence-corrected chi connectivity index (χ0v) is 12.0. The molecule has 0 unspecified atom stereocenters. The average Bonchev–Trinajstić information content (AvgIpc) is 2.72. The van der Waals surface area contributed by atoms with Gasteiger partial charge in [0.25, 0.3) is 10.1 Å². The largest absolute Gasteiger partial charge is 0.464 e. The van der Waals surface area contributed by atoms with E-state index in [-0.39, 0.29) is 13.2 Å². The smallest absolute Gasteiger partial charge is 0.350 e. The lowest BCUT2D eigenvalue weighted by molar-refractivity contribution is -0.196. The van der Waals surface area contributed by atoms with Crippen LogP contribution in [0, 0.1) is 0 Å². The molecule has 1 aliphatic rings. The van der Waals surface area contributed by atoms with E-state index in [2.05, 4.69) is 14.6 Å². The molecule has 0 saturated heterocycles. The Morgan fingerprint density at radius 3 is 2.10 bits per heavy atom. The van der Waals surface area contributed by atoms with Crippen LogP contribution in [-0.2, 0) is 33.5 Å². The molecule has 0 aliphatic carbocycles. The van der Waals surface area contributed by atoms with Gasteiger partial charge in [0, 0.05) is 0 Å². The number of hydroxylamine groups is 1. The van der Waals surface area contributed by atoms with Crippen LogP contribution in [0.1, 0.15) is 13.8 Å². The predicted molar refractivity (Wildman–Crippen MR) is 63.5 cm³/mol.